The fourth-order valence-corrected chi connectivity index (χ4v) is 58.2. The first-order valence-corrected chi connectivity index (χ1v) is 62.7. The van der Waals surface area contributed by atoms with Gasteiger partial charge in [-0.25, -0.2) is 0 Å². The van der Waals surface area contributed by atoms with Crippen molar-refractivity contribution < 1.29 is 0 Å². The normalized spacial score (nSPS) is 48.1. The molecule has 0 atom stereocenters. The molecule has 0 N–H and O–H groups in total. The minimum atomic E-state index is -0.139. The summed E-state index contributed by atoms with van der Waals surface area (Å²) in [4.78, 5) is 0. The molecule has 24 rings (SSSR count). The Balaban J connectivity index is 0. The second kappa shape index (κ2) is 47.2. The lowest BCUT2D eigenvalue weighted by Gasteiger charge is -3.34. The summed E-state index contributed by atoms with van der Waals surface area (Å²) in [7, 11) is 0. The molecule has 0 heteroatoms. The van der Waals surface area contributed by atoms with Crippen LogP contribution in [-0.2, 0) is 0 Å². The van der Waals surface area contributed by atoms with Crippen LogP contribution < -0.4 is 0 Å². The van der Waals surface area contributed by atoms with Crippen LogP contribution in [0.4, 0.5) is 0 Å². The molecule has 0 aromatic heterocycles. The molecular weight excluding hydrogens is 1710 g/mol. The molecular formula is C142H268. The zero-order valence-electron chi connectivity index (χ0n) is 104. The van der Waals surface area contributed by atoms with E-state index in [1.165, 1.54) is 231 Å². The van der Waals surface area contributed by atoms with E-state index in [0.717, 1.165) is 21.7 Å². The number of hydrogen-bond acceptors (Lipinski definition) is 0. The van der Waals surface area contributed by atoms with Gasteiger partial charge in [-0.1, -0.05) is 500 Å². The van der Waals surface area contributed by atoms with Gasteiger partial charge in [0.25, 0.3) is 0 Å². The maximum Gasteiger partial charge on any atom is 0.0206 e. The summed E-state index contributed by atoms with van der Waals surface area (Å²) in [5.74, 6) is 0. The van der Waals surface area contributed by atoms with Gasteiger partial charge < -0.3 is 0 Å². The molecule has 0 aromatic carbocycles. The van der Waals surface area contributed by atoms with E-state index in [4.69, 9.17) is 0 Å². The van der Waals surface area contributed by atoms with Crippen LogP contribution in [0.2, 0.25) is 0 Å². The van der Waals surface area contributed by atoms with Crippen LogP contribution in [0.1, 0.15) is 607 Å². The van der Waals surface area contributed by atoms with Gasteiger partial charge in [-0.15, -0.1) is 65.8 Å². The quantitative estimate of drug-likeness (QED) is 0.0537. The van der Waals surface area contributed by atoms with Crippen LogP contribution in [0.25, 0.3) is 0 Å². The summed E-state index contributed by atoms with van der Waals surface area (Å²) < 4.78 is 0. The number of unbranched alkanes of at least 4 members (excludes halogenated alkanes) is 4. The number of hydrogen-bond donors (Lipinski definition) is 0. The van der Waals surface area contributed by atoms with Crippen molar-refractivity contribution in [2.45, 2.75) is 607 Å². The zero-order valence-corrected chi connectivity index (χ0v) is 104. The molecule has 24 saturated carbocycles. The van der Waals surface area contributed by atoms with Gasteiger partial charge in [0.1, 0.15) is 0 Å². The molecule has 0 radical (unpaired) electrons. The maximum atomic E-state index is 4.25. The van der Waals surface area contributed by atoms with Crippen molar-refractivity contribution in [3.8, 4) is 0 Å². The van der Waals surface area contributed by atoms with Crippen molar-refractivity contribution in [2.24, 2.45) is 173 Å². The van der Waals surface area contributed by atoms with Crippen LogP contribution in [0.3, 0.4) is 0 Å². The largest absolute Gasteiger partial charge is 0.103 e. The third kappa shape index (κ3) is 8.98. The molecule has 0 amide bonds. The third-order valence-corrected chi connectivity index (χ3v) is 51.2. The average molecular weight is 1980 g/mol. The smallest absolute Gasteiger partial charge is 0.0206 e. The predicted octanol–water partition coefficient (Wildman–Crippen LogP) is 49.0. The second-order valence-corrected chi connectivity index (χ2v) is 44.7. The van der Waals surface area contributed by atoms with Crippen LogP contribution in [-0.4, -0.2) is 0 Å². The summed E-state index contributed by atoms with van der Waals surface area (Å²) in [5.41, 5.74) is 16.0. The van der Waals surface area contributed by atoms with E-state index in [1.807, 2.05) is 125 Å². The van der Waals surface area contributed by atoms with Crippen molar-refractivity contribution in [1.82, 2.24) is 0 Å². The molecule has 836 valence electrons. The Labute approximate surface area is 900 Å². The van der Waals surface area contributed by atoms with Gasteiger partial charge in [0.05, 0.1) is 0 Å². The van der Waals surface area contributed by atoms with Gasteiger partial charge in [-0.05, 0) is 298 Å². The lowest BCUT2D eigenvalue weighted by molar-refractivity contribution is -0.888. The monoisotopic (exact) mass is 1970 g/mol. The van der Waals surface area contributed by atoms with Crippen LogP contribution >= 0.6 is 0 Å². The van der Waals surface area contributed by atoms with Crippen LogP contribution in [0, 0.1) is 173 Å². The van der Waals surface area contributed by atoms with Crippen LogP contribution in [0.15, 0.2) is 127 Å². The molecule has 0 aliphatic heterocycles. The highest BCUT2D eigenvalue weighted by atomic mass is 15.4. The molecule has 0 heterocycles. The lowest BCUT2D eigenvalue weighted by Crippen LogP contribution is -3.31. The van der Waals surface area contributed by atoms with Gasteiger partial charge in [-0.2, -0.15) is 0 Å². The molecule has 0 unspecified atom stereocenters. The zero-order chi connectivity index (χ0) is 109. The summed E-state index contributed by atoms with van der Waals surface area (Å²) in [6.45, 7) is 156. The van der Waals surface area contributed by atoms with Gasteiger partial charge in [-0.3, -0.25) is 0 Å². The number of allylic oxidation sites excluding steroid dienone is 10. The molecule has 0 aromatic rings. The highest BCUT2D eigenvalue weighted by Crippen LogP contribution is 3.40. The summed E-state index contributed by atoms with van der Waals surface area (Å²) in [5, 5.41) is 0. The van der Waals surface area contributed by atoms with E-state index in [0.29, 0.717) is 108 Å². The summed E-state index contributed by atoms with van der Waals surface area (Å²) in [6.07, 6.45) is 72.3. The number of rotatable bonds is 40. The SMILES string of the molecule is C.C.C.C.C=CC.C=CC.C=CC12C3(C=C)C4(C=C)C1(C=C)C1(C=C)C2(C=C)C3(C=C)C41C=C.CC.CC.CC.CC.CC.CC.CC.CC.CCCC.CCCC.CCCC.CCCC.CCCC12C3(CC)C4(CC)C5(CC)C3(CC)C1(CC)C5(CC)C42CC.CCCC12C3(CC)C4(CC)C5(CC)C3(CC)C1(CC)C5(CC)C42CC.CCCC12C3(CC)C4(CC)C5(CC)C3(CC)C1(CC)C5(CCC)C42CC. The highest BCUT2D eigenvalue weighted by Gasteiger charge is 3.37. The minimum Gasteiger partial charge on any atom is -0.103 e. The molecule has 24 fully saturated rings. The van der Waals surface area contributed by atoms with Crippen molar-refractivity contribution in [3.63, 3.8) is 0 Å². The Morgan fingerprint density at radius 3 is 0.218 bits per heavy atom. The minimum absolute atomic E-state index is 0. The first kappa shape index (κ1) is 141. The van der Waals surface area contributed by atoms with Crippen molar-refractivity contribution >= 4 is 0 Å². The average Bonchev–Trinajstić information content (AvgIpc) is 0.505. The fourth-order valence-electron chi connectivity index (χ4n) is 58.2. The first-order chi connectivity index (χ1) is 66.4. The van der Waals surface area contributed by atoms with E-state index < -0.39 is 0 Å². The van der Waals surface area contributed by atoms with Gasteiger partial charge in [0, 0.05) is 43.3 Å². The molecule has 142 heavy (non-hydrogen) atoms. The molecule has 0 saturated heterocycles. The van der Waals surface area contributed by atoms with Gasteiger partial charge in [0.15, 0.2) is 0 Å². The molecule has 0 spiro atoms. The van der Waals surface area contributed by atoms with E-state index in [-0.39, 0.29) is 73.0 Å². The fraction of sp³-hybridized carbons (Fsp3) is 0.859. The van der Waals surface area contributed by atoms with E-state index >= 15 is 0 Å². The third-order valence-electron chi connectivity index (χ3n) is 51.2. The van der Waals surface area contributed by atoms with E-state index in [1.54, 1.807) is 12.2 Å². The van der Waals surface area contributed by atoms with E-state index in [9.17, 15) is 0 Å². The Hall–Kier alpha value is -2.60. The summed E-state index contributed by atoms with van der Waals surface area (Å²) >= 11 is 0. The molecule has 0 nitrogen and oxygen atoms in total. The van der Waals surface area contributed by atoms with Gasteiger partial charge >= 0.3 is 0 Å². The maximum absolute atomic E-state index is 4.25. The Morgan fingerprint density at radius 2 is 0.176 bits per heavy atom. The lowest BCUT2D eigenvalue weighted by atomic mass is 8.68. The Morgan fingerprint density at radius 1 is 0.120 bits per heavy atom. The van der Waals surface area contributed by atoms with Crippen LogP contribution in [0.5, 0.6) is 0 Å². The predicted molar refractivity (Wildman–Crippen MR) is 657 cm³/mol. The Bertz CT molecular complexity index is 3370. The van der Waals surface area contributed by atoms with Crippen molar-refractivity contribution in [2.75, 3.05) is 0 Å². The Kier molecular flexibility index (Phi) is 47.0. The second-order valence-electron chi connectivity index (χ2n) is 44.7. The standard InChI is InChI=1S/C26H44.2C25H42.C24H24.4C4H10.2C3H6.8C2H6.4CH4/c1-9-17-25-21(13-5)19(11-3)22(14-6)20(21,12-4)24(25,16-8)26(22,18-10-2)23(19,25)15-7;2*1-9-17-25-22(14-6)19(11-3)18(10-2)20(22,12-4)24(25,16-8)21(18,13-5)23(19,25)15-7;1-9-17-18(10-2)21(13-5)19(17,11-3)23(15-7)20(17,12-4)22(18,14-6)24(21,23)16-8;4*1-3-4-2;2*1-3-2;8*1-2;;;;/h9-18H2,1-8H3;2*9-17H2,1-8H3;9-16H,1-8H2;4*3-4H2,1-2H3;2*3H,1H2,2H3;8*1-2H3;4*1H4. The first-order valence-electron chi connectivity index (χ1n) is 62.7. The van der Waals surface area contributed by atoms with Gasteiger partial charge in [0.2, 0.25) is 0 Å². The molecule has 0 bridgehead atoms. The highest BCUT2D eigenvalue weighted by molar-refractivity contribution is 5.91. The molecule has 24 aliphatic carbocycles. The topological polar surface area (TPSA) is 0 Å². The molecule has 24 aliphatic rings. The summed E-state index contributed by atoms with van der Waals surface area (Å²) in [6, 6.07) is 0. The van der Waals surface area contributed by atoms with Crippen molar-refractivity contribution in [3.05, 3.63) is 127 Å². The van der Waals surface area contributed by atoms with Crippen molar-refractivity contribution in [1.29, 1.82) is 0 Å². The van der Waals surface area contributed by atoms with E-state index in [2.05, 4.69) is 336 Å².